The van der Waals surface area contributed by atoms with Crippen molar-refractivity contribution in [2.75, 3.05) is 0 Å². The normalized spacial score (nSPS) is 11.7. The average molecular weight is 897 g/mol. The van der Waals surface area contributed by atoms with Crippen LogP contribution in [0.15, 0.2) is 41.2 Å². The minimum Gasteiger partial charge on any atom is -0.207 e. The molecular weight excluding hydrogens is 881 g/mol. The molecule has 6 aromatic rings. The quantitative estimate of drug-likeness (QED) is 0.0496. The Morgan fingerprint density at radius 1 is 0.400 bits per heavy atom. The monoisotopic (exact) mass is 897 g/mol. The number of hydrogen-bond acceptors (Lipinski definition) is 1. The third kappa shape index (κ3) is 7.02. The molecule has 0 saturated carbocycles. The van der Waals surface area contributed by atoms with Crippen molar-refractivity contribution >= 4 is 39.3 Å². The Morgan fingerprint density at radius 3 is 0.900 bits per heavy atom. The van der Waals surface area contributed by atoms with Crippen molar-refractivity contribution in [1.29, 1.82) is 0 Å². The first kappa shape index (κ1) is 45.5. The van der Waals surface area contributed by atoms with E-state index in [-0.39, 0.29) is 0 Å². The van der Waals surface area contributed by atoms with Gasteiger partial charge in [0.25, 0.3) is 0 Å². The van der Waals surface area contributed by atoms with Gasteiger partial charge in [-0.3, -0.25) is 0 Å². The van der Waals surface area contributed by atoms with Gasteiger partial charge in [0.1, 0.15) is 52.7 Å². The molecule has 0 saturated heterocycles. The maximum absolute atomic E-state index is 15.4. The lowest BCUT2D eigenvalue weighted by Gasteiger charge is -2.44. The van der Waals surface area contributed by atoms with E-state index in [1.165, 1.54) is 11.3 Å². The van der Waals surface area contributed by atoms with Crippen LogP contribution >= 0.6 is 11.3 Å². The fourth-order valence-electron chi connectivity index (χ4n) is 6.55. The summed E-state index contributed by atoms with van der Waals surface area (Å²) in [7, 11) is 0. The molecule has 318 valence electrons. The van der Waals surface area contributed by atoms with Crippen LogP contribution in [0.1, 0.15) is 31.0 Å². The summed E-state index contributed by atoms with van der Waals surface area (Å²) in [5, 5.41) is 2.24. The zero-order chi connectivity index (χ0) is 45.0. The highest BCUT2D eigenvalue weighted by molar-refractivity contribution is 7.20. The van der Waals surface area contributed by atoms with Gasteiger partial charge in [-0.25, -0.2) is 87.8 Å². The highest BCUT2D eigenvalue weighted by Gasteiger charge is 2.52. The number of aromatic nitrogens is 1. The van der Waals surface area contributed by atoms with Gasteiger partial charge in [-0.1, -0.05) is 55.5 Å². The molecule has 0 fully saturated rings. The average Bonchev–Trinajstić information content (AvgIpc) is 3.69. The number of rotatable bonds is 7. The van der Waals surface area contributed by atoms with Gasteiger partial charge in [0.15, 0.2) is 82.0 Å². The molecule has 5 aromatic carbocycles. The van der Waals surface area contributed by atoms with Crippen LogP contribution in [-0.2, 0) is 6.54 Å². The molecule has 0 N–H and O–H groups in total. The second-order valence-corrected chi connectivity index (χ2v) is 13.6. The number of nitrogens with zero attached hydrogens (tertiary/aromatic N) is 1. The third-order valence-corrected chi connectivity index (χ3v) is 9.96. The van der Waals surface area contributed by atoms with Crippen LogP contribution in [0.25, 0.3) is 0 Å². The van der Waals surface area contributed by atoms with E-state index >= 15 is 35.1 Å². The van der Waals surface area contributed by atoms with Gasteiger partial charge in [0.05, 0.1) is 5.38 Å². The predicted octanol–water partition coefficient (Wildman–Crippen LogP) is 9.05. The van der Waals surface area contributed by atoms with E-state index in [4.69, 9.17) is 0 Å². The molecule has 1 heterocycles. The van der Waals surface area contributed by atoms with E-state index in [0.717, 1.165) is 6.54 Å². The zero-order valence-electron chi connectivity index (χ0n) is 29.3. The molecule has 0 radical (unpaired) electrons. The van der Waals surface area contributed by atoms with Crippen LogP contribution in [0.5, 0.6) is 0 Å². The Hall–Kier alpha value is -5.61. The van der Waals surface area contributed by atoms with Crippen molar-refractivity contribution in [3.8, 4) is 0 Å². The fourth-order valence-corrected chi connectivity index (χ4v) is 7.50. The first-order valence-electron chi connectivity index (χ1n) is 16.2. The van der Waals surface area contributed by atoms with Crippen molar-refractivity contribution in [3.63, 3.8) is 0 Å². The molecule has 23 heteroatoms. The molecule has 0 atom stereocenters. The molecule has 60 heavy (non-hydrogen) atoms. The molecule has 1 aromatic heterocycles. The third-order valence-electron chi connectivity index (χ3n) is 9.20. The van der Waals surface area contributed by atoms with E-state index in [1.54, 1.807) is 11.3 Å². The maximum atomic E-state index is 15.4. The predicted molar refractivity (Wildman–Crippen MR) is 173 cm³/mol. The van der Waals surface area contributed by atoms with Crippen molar-refractivity contribution < 1.29 is 92.4 Å². The van der Waals surface area contributed by atoms with Crippen LogP contribution in [-0.4, -0.2) is 6.15 Å². The summed E-state index contributed by atoms with van der Waals surface area (Å²) in [5.41, 5.74) is -9.35. The Kier molecular flexibility index (Phi) is 12.7. The number of thiazole rings is 1. The fraction of sp³-hybridized carbons (Fsp3) is 0.108. The molecule has 0 aliphatic heterocycles. The highest BCUT2D eigenvalue weighted by Crippen LogP contribution is 2.31. The number of halogens is 20. The topological polar surface area (TPSA) is 3.88 Å². The van der Waals surface area contributed by atoms with Crippen LogP contribution in [0.3, 0.4) is 0 Å². The summed E-state index contributed by atoms with van der Waals surface area (Å²) < 4.78 is 296. The minimum absolute atomic E-state index is 0.597. The van der Waals surface area contributed by atoms with Crippen LogP contribution in [0.2, 0.25) is 0 Å². The van der Waals surface area contributed by atoms with E-state index < -0.39 is 144 Å². The van der Waals surface area contributed by atoms with Crippen LogP contribution in [0.4, 0.5) is 87.8 Å². The smallest absolute Gasteiger partial charge is 0.207 e. The summed E-state index contributed by atoms with van der Waals surface area (Å²) in [5.74, 6) is -70.8. The van der Waals surface area contributed by atoms with Crippen LogP contribution in [0, 0.1) is 116 Å². The molecular formula is C37H16BF20NS. The van der Waals surface area contributed by atoms with Gasteiger partial charge in [0, 0.05) is 11.5 Å². The molecule has 0 aliphatic carbocycles. The van der Waals surface area contributed by atoms with E-state index in [1.807, 2.05) is 0 Å². The SMILES string of the molecule is CC(C)c1csc[n+]1Cc1ccccc1.Fc1c(F)c(F)c([B-](c2c(F)c(F)c(F)c(F)c2F)(c2c(F)c(F)c(F)c(F)c2F)c2c(F)c(F)c(F)c(F)c2F)c(F)c1F. The van der Waals surface area contributed by atoms with Gasteiger partial charge in [0.2, 0.25) is 5.51 Å². The van der Waals surface area contributed by atoms with Crippen LogP contribution < -0.4 is 26.4 Å². The Bertz CT molecular complexity index is 2280. The molecule has 6 rings (SSSR count). The molecule has 0 unspecified atom stereocenters. The standard InChI is InChI=1S/C24BF20.C13H16NS/c26-5-1(6(27)14(35)21(42)13(5)34)25(2-7(28)15(36)22(43)16(37)8(2)29,3-9(30)17(38)23(44)18(39)10(3)31)4-11(32)19(40)24(45)20(41)12(4)33;1-11(2)13-9-15-10-14(13)8-12-6-4-3-5-7-12/h;3-7,9-11H,8H2,1-2H3/q-1;+1. The van der Waals surface area contributed by atoms with E-state index in [0.29, 0.717) is 5.92 Å². The highest BCUT2D eigenvalue weighted by atomic mass is 32.1. The second kappa shape index (κ2) is 16.8. The summed E-state index contributed by atoms with van der Waals surface area (Å²) in [6, 6.07) is 10.6. The summed E-state index contributed by atoms with van der Waals surface area (Å²) in [4.78, 5) is 0. The van der Waals surface area contributed by atoms with E-state index in [2.05, 4.69) is 59.6 Å². The molecule has 0 bridgehead atoms. The molecule has 0 spiro atoms. The zero-order valence-corrected chi connectivity index (χ0v) is 30.1. The lowest BCUT2D eigenvalue weighted by atomic mass is 9.12. The number of benzene rings is 5. The Balaban J connectivity index is 0.000000379. The lowest BCUT2D eigenvalue weighted by Crippen LogP contribution is -2.81. The van der Waals surface area contributed by atoms with Gasteiger partial charge in [-0.2, -0.15) is 4.57 Å². The van der Waals surface area contributed by atoms with E-state index in [9.17, 15) is 52.7 Å². The second-order valence-electron chi connectivity index (χ2n) is 12.9. The van der Waals surface area contributed by atoms with Gasteiger partial charge in [-0.15, -0.1) is 21.9 Å². The first-order chi connectivity index (χ1) is 28.0. The summed E-state index contributed by atoms with van der Waals surface area (Å²) in [6.45, 7) is 5.46. The van der Waals surface area contributed by atoms with Gasteiger partial charge in [-0.05, 0) is 0 Å². The summed E-state index contributed by atoms with van der Waals surface area (Å²) >= 11 is 1.78. The molecule has 0 amide bonds. The van der Waals surface area contributed by atoms with Crippen molar-refractivity contribution in [2.24, 2.45) is 0 Å². The molecule has 0 aliphatic rings. The van der Waals surface area contributed by atoms with Gasteiger partial charge >= 0.3 is 0 Å². The Labute approximate surface area is 326 Å². The maximum Gasteiger partial charge on any atom is 0.225 e. The largest absolute Gasteiger partial charge is 0.225 e. The van der Waals surface area contributed by atoms with Crippen molar-refractivity contribution in [1.82, 2.24) is 0 Å². The molecule has 1 nitrogen and oxygen atoms in total. The number of hydrogen-bond donors (Lipinski definition) is 0. The minimum atomic E-state index is -7.22. The van der Waals surface area contributed by atoms with Crippen molar-refractivity contribution in [2.45, 2.75) is 26.3 Å². The first-order valence-corrected chi connectivity index (χ1v) is 17.1. The van der Waals surface area contributed by atoms with Gasteiger partial charge < -0.3 is 0 Å². The lowest BCUT2D eigenvalue weighted by molar-refractivity contribution is -0.691. The van der Waals surface area contributed by atoms with Crippen molar-refractivity contribution in [3.05, 3.63) is 169 Å². The Morgan fingerprint density at radius 2 is 0.650 bits per heavy atom. The summed E-state index contributed by atoms with van der Waals surface area (Å²) in [6.07, 6.45) is -7.22.